The van der Waals surface area contributed by atoms with Gasteiger partial charge in [-0.1, -0.05) is 50.0 Å². The average molecular weight is 325 g/mol. The first-order chi connectivity index (χ1) is 11.0. The van der Waals surface area contributed by atoms with Crippen LogP contribution in [0.4, 0.5) is 0 Å². The lowest BCUT2D eigenvalue weighted by atomic mass is 10.1. The van der Waals surface area contributed by atoms with Gasteiger partial charge in [-0.25, -0.2) is 4.98 Å². The van der Waals surface area contributed by atoms with Gasteiger partial charge in [0.2, 0.25) is 0 Å². The second-order valence-electron chi connectivity index (χ2n) is 6.96. The van der Waals surface area contributed by atoms with Crippen LogP contribution in [-0.2, 0) is 11.5 Å². The van der Waals surface area contributed by atoms with E-state index in [0.29, 0.717) is 6.73 Å². The molecule has 1 aromatic carbocycles. The Hall–Kier alpha value is -1.98. The molecule has 0 radical (unpaired) electrons. The predicted molar refractivity (Wildman–Crippen MR) is 97.1 cm³/mol. The Morgan fingerprint density at radius 1 is 1.04 bits per heavy atom. The summed E-state index contributed by atoms with van der Waals surface area (Å²) in [7, 11) is -1.06. The van der Waals surface area contributed by atoms with Gasteiger partial charge in [-0.3, -0.25) is 4.98 Å². The maximum atomic E-state index is 5.88. The van der Waals surface area contributed by atoms with Crippen molar-refractivity contribution in [3.05, 3.63) is 48.9 Å². The lowest BCUT2D eigenvalue weighted by Gasteiger charge is -2.16. The number of hydrogen-bond donors (Lipinski definition) is 0. The Bertz CT molecular complexity index is 778. The first kappa shape index (κ1) is 15.9. The van der Waals surface area contributed by atoms with Gasteiger partial charge in [0.1, 0.15) is 6.73 Å². The molecule has 0 saturated carbocycles. The van der Waals surface area contributed by atoms with Crippen molar-refractivity contribution < 1.29 is 4.74 Å². The highest BCUT2D eigenvalue weighted by molar-refractivity contribution is 6.76. The zero-order chi connectivity index (χ0) is 16.3. The Morgan fingerprint density at radius 2 is 1.83 bits per heavy atom. The van der Waals surface area contributed by atoms with Crippen LogP contribution < -0.4 is 0 Å². The number of pyridine rings is 1. The van der Waals surface area contributed by atoms with Crippen LogP contribution in [0.15, 0.2) is 48.9 Å². The van der Waals surface area contributed by atoms with Gasteiger partial charge in [0, 0.05) is 26.4 Å². The molecule has 0 amide bonds. The fourth-order valence-corrected chi connectivity index (χ4v) is 3.22. The van der Waals surface area contributed by atoms with Crippen molar-refractivity contribution in [2.45, 2.75) is 32.4 Å². The highest BCUT2D eigenvalue weighted by Crippen LogP contribution is 2.25. The molecular formula is C18H23N3OSi. The number of rotatable bonds is 6. The normalized spacial score (nSPS) is 12.0. The van der Waals surface area contributed by atoms with E-state index in [2.05, 4.69) is 46.3 Å². The number of hydrogen-bond acceptors (Lipinski definition) is 3. The van der Waals surface area contributed by atoms with Crippen molar-refractivity contribution in [1.82, 2.24) is 14.5 Å². The molecule has 2 heterocycles. The first-order valence-corrected chi connectivity index (χ1v) is 11.7. The Balaban J connectivity index is 1.84. The summed E-state index contributed by atoms with van der Waals surface area (Å²) in [5.41, 5.74) is 4.04. The smallest absolute Gasteiger partial charge is 0.124 e. The Labute approximate surface area is 138 Å². The summed E-state index contributed by atoms with van der Waals surface area (Å²) >= 11 is 0. The summed E-state index contributed by atoms with van der Waals surface area (Å²) < 4.78 is 7.93. The van der Waals surface area contributed by atoms with Crippen LogP contribution in [0, 0.1) is 0 Å². The molecule has 3 rings (SSSR count). The van der Waals surface area contributed by atoms with Gasteiger partial charge >= 0.3 is 0 Å². The molecule has 0 N–H and O–H groups in total. The van der Waals surface area contributed by atoms with Crippen LogP contribution in [0.3, 0.4) is 0 Å². The zero-order valence-electron chi connectivity index (χ0n) is 14.0. The molecule has 5 heteroatoms. The summed E-state index contributed by atoms with van der Waals surface area (Å²) in [5.74, 6) is 0. The van der Waals surface area contributed by atoms with Crippen molar-refractivity contribution in [3.63, 3.8) is 0 Å². The highest BCUT2D eigenvalue weighted by atomic mass is 28.3. The maximum Gasteiger partial charge on any atom is 0.124 e. The Kier molecular flexibility index (Phi) is 4.59. The molecule has 3 aromatic rings. The molecule has 0 saturated heterocycles. The van der Waals surface area contributed by atoms with Crippen molar-refractivity contribution in [2.24, 2.45) is 0 Å². The third kappa shape index (κ3) is 3.86. The quantitative estimate of drug-likeness (QED) is 0.498. The van der Waals surface area contributed by atoms with Crippen molar-refractivity contribution in [2.75, 3.05) is 6.61 Å². The van der Waals surface area contributed by atoms with E-state index < -0.39 is 8.07 Å². The molecule has 0 unspecified atom stereocenters. The van der Waals surface area contributed by atoms with Crippen LogP contribution >= 0.6 is 0 Å². The van der Waals surface area contributed by atoms with Crippen LogP contribution in [0.2, 0.25) is 25.7 Å². The number of fused-ring (bicyclic) bond motifs is 1. The van der Waals surface area contributed by atoms with Crippen LogP contribution in [-0.4, -0.2) is 29.2 Å². The molecule has 0 fully saturated rings. The van der Waals surface area contributed by atoms with Gasteiger partial charge in [-0.2, -0.15) is 0 Å². The molecule has 0 spiro atoms. The monoisotopic (exact) mass is 325 g/mol. The number of ether oxygens (including phenoxy) is 1. The number of imidazole rings is 1. The molecule has 2 aromatic heterocycles. The lowest BCUT2D eigenvalue weighted by Crippen LogP contribution is -2.22. The van der Waals surface area contributed by atoms with E-state index in [-0.39, 0.29) is 0 Å². The van der Waals surface area contributed by atoms with Crippen molar-refractivity contribution in [3.8, 4) is 11.3 Å². The van der Waals surface area contributed by atoms with E-state index in [0.717, 1.165) is 28.9 Å². The molecule has 120 valence electrons. The van der Waals surface area contributed by atoms with Crippen molar-refractivity contribution >= 4 is 19.1 Å². The van der Waals surface area contributed by atoms with Gasteiger partial charge in [0.15, 0.2) is 0 Å². The molecule has 4 nitrogen and oxygen atoms in total. The minimum atomic E-state index is -1.06. The molecule has 0 aliphatic heterocycles. The highest BCUT2D eigenvalue weighted by Gasteiger charge is 2.13. The second kappa shape index (κ2) is 6.64. The minimum absolute atomic E-state index is 0.520. The minimum Gasteiger partial charge on any atom is -0.361 e. The summed E-state index contributed by atoms with van der Waals surface area (Å²) in [5, 5.41) is 0. The SMILES string of the molecule is C[Si](C)(C)CCOCn1cnc2ccnc(-c3ccccc3)c21. The second-order valence-corrected chi connectivity index (χ2v) is 12.6. The number of benzene rings is 1. The topological polar surface area (TPSA) is 39.9 Å². The summed E-state index contributed by atoms with van der Waals surface area (Å²) in [6.07, 6.45) is 3.65. The van der Waals surface area contributed by atoms with E-state index in [9.17, 15) is 0 Å². The Morgan fingerprint density at radius 3 is 2.57 bits per heavy atom. The largest absolute Gasteiger partial charge is 0.361 e. The molecule has 23 heavy (non-hydrogen) atoms. The summed E-state index contributed by atoms with van der Waals surface area (Å²) in [6, 6.07) is 13.3. The van der Waals surface area contributed by atoms with E-state index in [1.54, 1.807) is 0 Å². The van der Waals surface area contributed by atoms with Crippen LogP contribution in [0.5, 0.6) is 0 Å². The number of aromatic nitrogens is 3. The maximum absolute atomic E-state index is 5.88. The van der Waals surface area contributed by atoms with Crippen LogP contribution in [0.25, 0.3) is 22.3 Å². The molecule has 0 aliphatic carbocycles. The van der Waals surface area contributed by atoms with E-state index in [1.165, 1.54) is 6.04 Å². The molecule has 0 bridgehead atoms. The van der Waals surface area contributed by atoms with E-state index in [1.807, 2.05) is 36.8 Å². The molecular weight excluding hydrogens is 302 g/mol. The van der Waals surface area contributed by atoms with Gasteiger partial charge in [-0.15, -0.1) is 0 Å². The van der Waals surface area contributed by atoms with E-state index >= 15 is 0 Å². The van der Waals surface area contributed by atoms with Crippen molar-refractivity contribution in [1.29, 1.82) is 0 Å². The summed E-state index contributed by atoms with van der Waals surface area (Å²) in [6.45, 7) is 8.41. The van der Waals surface area contributed by atoms with E-state index in [4.69, 9.17) is 4.74 Å². The molecule has 0 aliphatic rings. The third-order valence-electron chi connectivity index (χ3n) is 3.80. The van der Waals surface area contributed by atoms with Gasteiger partial charge in [0.05, 0.1) is 23.1 Å². The predicted octanol–water partition coefficient (Wildman–Crippen LogP) is 4.41. The van der Waals surface area contributed by atoms with Crippen LogP contribution in [0.1, 0.15) is 0 Å². The standard InChI is InChI=1S/C18H23N3OSi/c1-23(2,3)12-11-22-14-21-13-20-16-9-10-19-17(18(16)21)15-7-5-4-6-8-15/h4-10,13H,11-12,14H2,1-3H3. The number of nitrogens with zero attached hydrogens (tertiary/aromatic N) is 3. The van der Waals surface area contributed by atoms with Gasteiger partial charge in [-0.05, 0) is 12.1 Å². The van der Waals surface area contributed by atoms with Gasteiger partial charge < -0.3 is 9.30 Å². The first-order valence-electron chi connectivity index (χ1n) is 7.98. The average Bonchev–Trinajstić information content (AvgIpc) is 2.95. The third-order valence-corrected chi connectivity index (χ3v) is 5.50. The lowest BCUT2D eigenvalue weighted by molar-refractivity contribution is 0.0899. The molecule has 0 atom stereocenters. The van der Waals surface area contributed by atoms with Gasteiger partial charge in [0.25, 0.3) is 0 Å². The fourth-order valence-electron chi connectivity index (χ4n) is 2.47. The zero-order valence-corrected chi connectivity index (χ0v) is 15.0. The summed E-state index contributed by atoms with van der Waals surface area (Å²) in [4.78, 5) is 9.05. The fraction of sp³-hybridized carbons (Fsp3) is 0.333.